The topological polar surface area (TPSA) is 89.7 Å². The Kier molecular flexibility index (Phi) is 4.62. The van der Waals surface area contributed by atoms with Crippen LogP contribution < -0.4 is 10.2 Å². The average molecular weight is 368 g/mol. The van der Waals surface area contributed by atoms with Gasteiger partial charge in [-0.3, -0.25) is 15.0 Å². The van der Waals surface area contributed by atoms with Crippen molar-refractivity contribution in [2.45, 2.75) is 25.8 Å². The van der Waals surface area contributed by atoms with Gasteiger partial charge >= 0.3 is 0 Å². The van der Waals surface area contributed by atoms with Gasteiger partial charge in [0.15, 0.2) is 5.82 Å². The van der Waals surface area contributed by atoms with Gasteiger partial charge in [-0.2, -0.15) is 10.2 Å². The molecule has 0 aliphatic carbocycles. The SMILES string of the molecule is Cc1cc(N2CCC(NC(=O)c3cc(-c4ccc(F)cc4)n[nH]3)CC2)n[nH]1. The number of aryl methyl sites for hydroxylation is 1. The number of amides is 1. The van der Waals surface area contributed by atoms with Crippen LogP contribution in [-0.4, -0.2) is 45.4 Å². The molecule has 1 aliphatic rings. The van der Waals surface area contributed by atoms with Crippen LogP contribution in [0.2, 0.25) is 0 Å². The molecule has 3 N–H and O–H groups in total. The summed E-state index contributed by atoms with van der Waals surface area (Å²) < 4.78 is 13.0. The molecule has 0 radical (unpaired) electrons. The normalized spacial score (nSPS) is 15.1. The molecule has 0 unspecified atom stereocenters. The maximum Gasteiger partial charge on any atom is 0.269 e. The van der Waals surface area contributed by atoms with Gasteiger partial charge in [-0.05, 0) is 50.1 Å². The fraction of sp³-hybridized carbons (Fsp3) is 0.316. The van der Waals surface area contributed by atoms with E-state index < -0.39 is 0 Å². The zero-order valence-corrected chi connectivity index (χ0v) is 15.0. The number of carbonyl (C=O) groups excluding carboxylic acids is 1. The second kappa shape index (κ2) is 7.22. The van der Waals surface area contributed by atoms with Crippen molar-refractivity contribution in [2.75, 3.05) is 18.0 Å². The van der Waals surface area contributed by atoms with Crippen LogP contribution in [-0.2, 0) is 0 Å². The Bertz CT molecular complexity index is 924. The number of carbonyl (C=O) groups is 1. The van der Waals surface area contributed by atoms with Crippen LogP contribution in [0.5, 0.6) is 0 Å². The highest BCUT2D eigenvalue weighted by molar-refractivity contribution is 5.93. The maximum absolute atomic E-state index is 13.0. The minimum absolute atomic E-state index is 0.117. The lowest BCUT2D eigenvalue weighted by atomic mass is 10.0. The summed E-state index contributed by atoms with van der Waals surface area (Å²) in [4.78, 5) is 14.7. The van der Waals surface area contributed by atoms with Crippen LogP contribution >= 0.6 is 0 Å². The minimum Gasteiger partial charge on any atom is -0.355 e. The molecule has 7 nitrogen and oxygen atoms in total. The summed E-state index contributed by atoms with van der Waals surface area (Å²) in [6.07, 6.45) is 1.72. The number of hydrogen-bond acceptors (Lipinski definition) is 4. The molecule has 0 saturated carbocycles. The summed E-state index contributed by atoms with van der Waals surface area (Å²) in [5, 5.41) is 17.2. The first-order valence-corrected chi connectivity index (χ1v) is 8.97. The van der Waals surface area contributed by atoms with Crippen LogP contribution in [0.25, 0.3) is 11.3 Å². The lowest BCUT2D eigenvalue weighted by Gasteiger charge is -2.32. The Morgan fingerprint density at radius 3 is 2.56 bits per heavy atom. The molecule has 27 heavy (non-hydrogen) atoms. The highest BCUT2D eigenvalue weighted by atomic mass is 19.1. The predicted molar refractivity (Wildman–Crippen MR) is 100 cm³/mol. The van der Waals surface area contributed by atoms with Gasteiger partial charge in [0.1, 0.15) is 11.5 Å². The van der Waals surface area contributed by atoms with Crippen molar-refractivity contribution in [1.82, 2.24) is 25.7 Å². The second-order valence-electron chi connectivity index (χ2n) is 6.82. The first-order chi connectivity index (χ1) is 13.1. The number of H-pyrrole nitrogens is 2. The second-order valence-corrected chi connectivity index (χ2v) is 6.82. The van der Waals surface area contributed by atoms with Crippen LogP contribution in [0.4, 0.5) is 10.2 Å². The fourth-order valence-electron chi connectivity index (χ4n) is 3.29. The van der Waals surface area contributed by atoms with Crippen molar-refractivity contribution in [2.24, 2.45) is 0 Å². The Labute approximate surface area is 156 Å². The molecule has 1 aromatic carbocycles. The summed E-state index contributed by atoms with van der Waals surface area (Å²) in [7, 11) is 0. The molecule has 8 heteroatoms. The van der Waals surface area contributed by atoms with Gasteiger partial charge in [-0.15, -0.1) is 0 Å². The van der Waals surface area contributed by atoms with Crippen molar-refractivity contribution in [3.8, 4) is 11.3 Å². The molecular formula is C19H21FN6O. The largest absolute Gasteiger partial charge is 0.355 e. The van der Waals surface area contributed by atoms with Crippen molar-refractivity contribution >= 4 is 11.7 Å². The fourth-order valence-corrected chi connectivity index (χ4v) is 3.29. The third-order valence-electron chi connectivity index (χ3n) is 4.81. The highest BCUT2D eigenvalue weighted by Gasteiger charge is 2.23. The molecule has 4 rings (SSSR count). The smallest absolute Gasteiger partial charge is 0.269 e. The Morgan fingerprint density at radius 1 is 1.15 bits per heavy atom. The van der Waals surface area contributed by atoms with E-state index in [0.717, 1.165) is 43.0 Å². The molecule has 1 amide bonds. The summed E-state index contributed by atoms with van der Waals surface area (Å²) in [6, 6.07) is 9.85. The van der Waals surface area contributed by atoms with Crippen molar-refractivity contribution in [3.63, 3.8) is 0 Å². The van der Waals surface area contributed by atoms with E-state index in [2.05, 4.69) is 30.6 Å². The van der Waals surface area contributed by atoms with Crippen molar-refractivity contribution < 1.29 is 9.18 Å². The van der Waals surface area contributed by atoms with Crippen LogP contribution in [0, 0.1) is 12.7 Å². The van der Waals surface area contributed by atoms with Gasteiger partial charge in [-0.25, -0.2) is 4.39 Å². The van der Waals surface area contributed by atoms with Crippen molar-refractivity contribution in [1.29, 1.82) is 0 Å². The van der Waals surface area contributed by atoms with Crippen LogP contribution in [0.1, 0.15) is 29.0 Å². The standard InChI is InChI=1S/C19H21FN6O/c1-12-10-18(25-22-12)26-8-6-15(7-9-26)21-19(27)17-11-16(23-24-17)13-2-4-14(20)5-3-13/h2-5,10-11,15H,6-9H2,1H3,(H,21,27)(H,22,25)(H,23,24). The molecule has 0 atom stereocenters. The van der Waals surface area contributed by atoms with E-state index >= 15 is 0 Å². The van der Waals surface area contributed by atoms with Gasteiger partial charge in [0.2, 0.25) is 0 Å². The van der Waals surface area contributed by atoms with Gasteiger partial charge in [-0.1, -0.05) is 0 Å². The van der Waals surface area contributed by atoms with Gasteiger partial charge in [0.05, 0.1) is 5.69 Å². The molecule has 2 aromatic heterocycles. The summed E-state index contributed by atoms with van der Waals surface area (Å²) in [5.41, 5.74) is 2.81. The van der Waals surface area contributed by atoms with Gasteiger partial charge < -0.3 is 10.2 Å². The quantitative estimate of drug-likeness (QED) is 0.660. The average Bonchev–Trinajstić information content (AvgIpc) is 3.32. The summed E-state index contributed by atoms with van der Waals surface area (Å²) in [5.74, 6) is 0.475. The van der Waals surface area contributed by atoms with Gasteiger partial charge in [0, 0.05) is 36.5 Å². The zero-order chi connectivity index (χ0) is 18.8. The first-order valence-electron chi connectivity index (χ1n) is 8.97. The lowest BCUT2D eigenvalue weighted by molar-refractivity contribution is 0.0926. The van der Waals surface area contributed by atoms with E-state index in [0.29, 0.717) is 11.4 Å². The predicted octanol–water partition coefficient (Wildman–Crippen LogP) is 2.65. The van der Waals surface area contributed by atoms with E-state index in [-0.39, 0.29) is 17.8 Å². The van der Waals surface area contributed by atoms with Crippen molar-refractivity contribution in [3.05, 3.63) is 53.6 Å². The third kappa shape index (κ3) is 3.84. The third-order valence-corrected chi connectivity index (χ3v) is 4.81. The Morgan fingerprint density at radius 2 is 1.89 bits per heavy atom. The Balaban J connectivity index is 1.34. The molecule has 140 valence electrons. The minimum atomic E-state index is -0.302. The van der Waals surface area contributed by atoms with E-state index in [9.17, 15) is 9.18 Å². The molecule has 3 heterocycles. The number of anilines is 1. The number of aromatic nitrogens is 4. The molecular weight excluding hydrogens is 347 g/mol. The van der Waals surface area contributed by atoms with E-state index in [1.807, 2.05) is 13.0 Å². The molecule has 1 aliphatic heterocycles. The number of aromatic amines is 2. The number of piperidine rings is 1. The number of rotatable bonds is 4. The summed E-state index contributed by atoms with van der Waals surface area (Å²) in [6.45, 7) is 3.67. The molecule has 0 spiro atoms. The number of halogens is 1. The molecule has 0 bridgehead atoms. The van der Waals surface area contributed by atoms with Gasteiger partial charge in [0.25, 0.3) is 5.91 Å². The van der Waals surface area contributed by atoms with Crippen LogP contribution in [0.3, 0.4) is 0 Å². The molecule has 1 fully saturated rings. The number of hydrogen-bond donors (Lipinski definition) is 3. The number of benzene rings is 1. The first kappa shape index (κ1) is 17.3. The number of nitrogens with one attached hydrogen (secondary N) is 3. The maximum atomic E-state index is 13.0. The lowest BCUT2D eigenvalue weighted by Crippen LogP contribution is -2.44. The zero-order valence-electron chi connectivity index (χ0n) is 15.0. The number of nitrogens with zero attached hydrogens (tertiary/aromatic N) is 3. The Hall–Kier alpha value is -3.16. The molecule has 3 aromatic rings. The monoisotopic (exact) mass is 368 g/mol. The van der Waals surface area contributed by atoms with E-state index in [1.54, 1.807) is 18.2 Å². The van der Waals surface area contributed by atoms with Crippen LogP contribution in [0.15, 0.2) is 36.4 Å². The summed E-state index contributed by atoms with van der Waals surface area (Å²) >= 11 is 0. The molecule has 1 saturated heterocycles. The highest BCUT2D eigenvalue weighted by Crippen LogP contribution is 2.20. The van der Waals surface area contributed by atoms with E-state index in [4.69, 9.17) is 0 Å². The van der Waals surface area contributed by atoms with E-state index in [1.165, 1.54) is 12.1 Å².